The number of carbonyl (C=O) groups is 1. The number of thiazole rings is 1. The molecule has 0 saturated carbocycles. The first-order valence-corrected chi connectivity index (χ1v) is 7.85. The molecule has 0 fully saturated rings. The predicted octanol–water partition coefficient (Wildman–Crippen LogP) is 4.33. The van der Waals surface area contributed by atoms with E-state index in [-0.39, 0.29) is 16.6 Å². The van der Waals surface area contributed by atoms with Crippen LogP contribution in [-0.2, 0) is 4.79 Å². The first kappa shape index (κ1) is 14.4. The summed E-state index contributed by atoms with van der Waals surface area (Å²) in [7, 11) is 0. The number of para-hydroxylation sites is 1. The van der Waals surface area contributed by atoms with Crippen LogP contribution in [0.25, 0.3) is 10.2 Å². The SMILES string of the molecule is CCCC[C@H](Br)C(=O)Nc1nc2c(F)cccc2s1. The number of benzene rings is 1. The Morgan fingerprint density at radius 3 is 3.05 bits per heavy atom. The second kappa shape index (κ2) is 6.43. The molecule has 3 nitrogen and oxygen atoms in total. The third-order valence-corrected chi connectivity index (χ3v) is 4.51. The van der Waals surface area contributed by atoms with Crippen molar-refractivity contribution in [2.24, 2.45) is 0 Å². The molecule has 6 heteroatoms. The second-order valence-corrected chi connectivity index (χ2v) is 6.34. The smallest absolute Gasteiger partial charge is 0.239 e. The lowest BCUT2D eigenvalue weighted by atomic mass is 10.2. The highest BCUT2D eigenvalue weighted by Gasteiger charge is 2.16. The number of nitrogens with zero attached hydrogens (tertiary/aromatic N) is 1. The molecule has 1 atom stereocenters. The molecule has 102 valence electrons. The lowest BCUT2D eigenvalue weighted by Gasteiger charge is -2.07. The fourth-order valence-electron chi connectivity index (χ4n) is 1.67. The minimum absolute atomic E-state index is 0.132. The summed E-state index contributed by atoms with van der Waals surface area (Å²) in [5, 5.41) is 3.16. The number of anilines is 1. The van der Waals surface area contributed by atoms with E-state index in [0.717, 1.165) is 24.0 Å². The maximum Gasteiger partial charge on any atom is 0.239 e. The lowest BCUT2D eigenvalue weighted by molar-refractivity contribution is -0.115. The Morgan fingerprint density at radius 1 is 1.58 bits per heavy atom. The number of nitrogens with one attached hydrogen (secondary N) is 1. The zero-order valence-corrected chi connectivity index (χ0v) is 12.9. The van der Waals surface area contributed by atoms with Crippen molar-refractivity contribution in [3.05, 3.63) is 24.0 Å². The number of amides is 1. The predicted molar refractivity (Wildman–Crippen MR) is 80.4 cm³/mol. The largest absolute Gasteiger partial charge is 0.301 e. The number of halogens is 2. The Kier molecular flexibility index (Phi) is 4.87. The minimum atomic E-state index is -0.365. The van der Waals surface area contributed by atoms with Crippen molar-refractivity contribution in [2.75, 3.05) is 5.32 Å². The number of carbonyl (C=O) groups excluding carboxylic acids is 1. The first-order valence-electron chi connectivity index (χ1n) is 6.11. The second-order valence-electron chi connectivity index (χ2n) is 4.20. The summed E-state index contributed by atoms with van der Waals surface area (Å²) < 4.78 is 14.2. The highest BCUT2D eigenvalue weighted by Crippen LogP contribution is 2.28. The Balaban J connectivity index is 2.09. The van der Waals surface area contributed by atoms with Gasteiger partial charge in [-0.1, -0.05) is 53.1 Å². The van der Waals surface area contributed by atoms with Crippen LogP contribution in [-0.4, -0.2) is 15.7 Å². The molecule has 2 aromatic rings. The number of rotatable bonds is 5. The van der Waals surface area contributed by atoms with Gasteiger partial charge in [0.25, 0.3) is 0 Å². The summed E-state index contributed by atoms with van der Waals surface area (Å²) in [6.07, 6.45) is 2.81. The Hall–Kier alpha value is -1.01. The van der Waals surface area contributed by atoms with Crippen molar-refractivity contribution < 1.29 is 9.18 Å². The van der Waals surface area contributed by atoms with Crippen LogP contribution in [0.2, 0.25) is 0 Å². The Bertz CT molecular complexity index is 587. The third-order valence-electron chi connectivity index (χ3n) is 2.70. The van der Waals surface area contributed by atoms with Crippen LogP contribution < -0.4 is 5.32 Å². The van der Waals surface area contributed by atoms with E-state index in [2.05, 4.69) is 33.2 Å². The van der Waals surface area contributed by atoms with Gasteiger partial charge < -0.3 is 5.32 Å². The number of alkyl halides is 1. The molecule has 0 bridgehead atoms. The zero-order chi connectivity index (χ0) is 13.8. The maximum absolute atomic E-state index is 13.5. The molecule has 1 N–H and O–H groups in total. The average Bonchev–Trinajstić information content (AvgIpc) is 2.79. The lowest BCUT2D eigenvalue weighted by Crippen LogP contribution is -2.22. The Labute approximate surface area is 123 Å². The van der Waals surface area contributed by atoms with E-state index >= 15 is 0 Å². The van der Waals surface area contributed by atoms with Crippen molar-refractivity contribution in [3.63, 3.8) is 0 Å². The van der Waals surface area contributed by atoms with Crippen molar-refractivity contribution in [3.8, 4) is 0 Å². The van der Waals surface area contributed by atoms with E-state index in [1.165, 1.54) is 17.4 Å². The first-order chi connectivity index (χ1) is 9.11. The van der Waals surface area contributed by atoms with Gasteiger partial charge in [0.15, 0.2) is 5.13 Å². The highest BCUT2D eigenvalue weighted by atomic mass is 79.9. The summed E-state index contributed by atoms with van der Waals surface area (Å²) in [4.78, 5) is 15.8. The summed E-state index contributed by atoms with van der Waals surface area (Å²) >= 11 is 4.63. The van der Waals surface area contributed by atoms with Crippen molar-refractivity contribution >= 4 is 48.5 Å². The van der Waals surface area contributed by atoms with Crippen LogP contribution in [0.1, 0.15) is 26.2 Å². The van der Waals surface area contributed by atoms with Gasteiger partial charge >= 0.3 is 0 Å². The monoisotopic (exact) mass is 344 g/mol. The van der Waals surface area contributed by atoms with Gasteiger partial charge in [-0.2, -0.15) is 0 Å². The van der Waals surface area contributed by atoms with Crippen LogP contribution in [0.3, 0.4) is 0 Å². The van der Waals surface area contributed by atoms with Gasteiger partial charge in [0.2, 0.25) is 5.91 Å². The van der Waals surface area contributed by atoms with Crippen LogP contribution in [0, 0.1) is 5.82 Å². The van der Waals surface area contributed by atoms with Crippen LogP contribution >= 0.6 is 27.3 Å². The van der Waals surface area contributed by atoms with E-state index < -0.39 is 0 Å². The van der Waals surface area contributed by atoms with Gasteiger partial charge in [0.05, 0.1) is 9.53 Å². The van der Waals surface area contributed by atoms with Gasteiger partial charge in [0.1, 0.15) is 11.3 Å². The van der Waals surface area contributed by atoms with Crippen molar-refractivity contribution in [2.45, 2.75) is 31.0 Å². The van der Waals surface area contributed by atoms with Gasteiger partial charge in [-0.3, -0.25) is 4.79 Å². The molecule has 0 aliphatic rings. The molecular formula is C13H14BrFN2OS. The highest BCUT2D eigenvalue weighted by molar-refractivity contribution is 9.10. The minimum Gasteiger partial charge on any atom is -0.301 e. The summed E-state index contributed by atoms with van der Waals surface area (Å²) in [5.74, 6) is -0.497. The van der Waals surface area contributed by atoms with Gasteiger partial charge in [-0.25, -0.2) is 9.37 Å². The molecule has 1 aromatic carbocycles. The standard InChI is InChI=1S/C13H14BrFN2OS/c1-2-3-5-8(14)12(18)17-13-16-11-9(15)6-4-7-10(11)19-13/h4,6-8H,2-3,5H2,1H3,(H,16,17,18)/t8-/m0/s1. The van der Waals surface area contributed by atoms with Gasteiger partial charge in [-0.05, 0) is 18.6 Å². The van der Waals surface area contributed by atoms with Crippen molar-refractivity contribution in [1.82, 2.24) is 4.98 Å². The van der Waals surface area contributed by atoms with E-state index in [0.29, 0.717) is 10.6 Å². The molecule has 0 unspecified atom stereocenters. The van der Waals surface area contributed by atoms with Gasteiger partial charge in [-0.15, -0.1) is 0 Å². The molecule has 1 aromatic heterocycles. The molecule has 1 heterocycles. The molecule has 0 aliphatic carbocycles. The average molecular weight is 345 g/mol. The molecule has 0 spiro atoms. The zero-order valence-electron chi connectivity index (χ0n) is 10.5. The van der Waals surface area contributed by atoms with E-state index in [4.69, 9.17) is 0 Å². The molecule has 19 heavy (non-hydrogen) atoms. The van der Waals surface area contributed by atoms with E-state index in [1.807, 2.05) is 0 Å². The normalized spacial score (nSPS) is 12.6. The summed E-state index contributed by atoms with van der Waals surface area (Å²) in [5.41, 5.74) is 0.308. The molecule has 0 saturated heterocycles. The van der Waals surface area contributed by atoms with Crippen LogP contribution in [0.4, 0.5) is 9.52 Å². The number of hydrogen-bond donors (Lipinski definition) is 1. The molecule has 0 radical (unpaired) electrons. The quantitative estimate of drug-likeness (QED) is 0.820. The van der Waals surface area contributed by atoms with E-state index in [9.17, 15) is 9.18 Å². The molecule has 2 rings (SSSR count). The number of fused-ring (bicyclic) bond motifs is 1. The summed E-state index contributed by atoms with van der Waals surface area (Å²) in [6, 6.07) is 4.78. The van der Waals surface area contributed by atoms with Crippen molar-refractivity contribution in [1.29, 1.82) is 0 Å². The Morgan fingerprint density at radius 2 is 2.37 bits per heavy atom. The topological polar surface area (TPSA) is 42.0 Å². The molecule has 0 aliphatic heterocycles. The number of unbranched alkanes of at least 4 members (excludes halogenated alkanes) is 1. The number of hydrogen-bond acceptors (Lipinski definition) is 3. The summed E-state index contributed by atoms with van der Waals surface area (Å²) in [6.45, 7) is 2.08. The fourth-order valence-corrected chi connectivity index (χ4v) is 2.99. The molecular weight excluding hydrogens is 331 g/mol. The van der Waals surface area contributed by atoms with Crippen LogP contribution in [0.15, 0.2) is 18.2 Å². The maximum atomic E-state index is 13.5. The van der Waals surface area contributed by atoms with Gasteiger partial charge in [0, 0.05) is 0 Å². The van der Waals surface area contributed by atoms with Crippen LogP contribution in [0.5, 0.6) is 0 Å². The third kappa shape index (κ3) is 3.51. The number of aromatic nitrogens is 1. The fraction of sp³-hybridized carbons (Fsp3) is 0.385. The molecule has 1 amide bonds. The van der Waals surface area contributed by atoms with E-state index in [1.54, 1.807) is 12.1 Å².